The largest absolute Gasteiger partial charge is 0.376 e. The Hall–Kier alpha value is -3.19. The first-order chi connectivity index (χ1) is 14.6. The highest BCUT2D eigenvalue weighted by molar-refractivity contribution is 5.90. The second-order valence-electron chi connectivity index (χ2n) is 7.67. The Balaban J connectivity index is 1.20. The molecule has 1 saturated heterocycles. The highest BCUT2D eigenvalue weighted by atomic mass is 16.5. The quantitative estimate of drug-likeness (QED) is 0.598. The summed E-state index contributed by atoms with van der Waals surface area (Å²) in [5.74, 6) is 1.31. The van der Waals surface area contributed by atoms with Gasteiger partial charge in [0.15, 0.2) is 5.82 Å². The normalized spacial score (nSPS) is 13.9. The number of ether oxygens (including phenoxy) is 1. The average Bonchev–Trinajstić information content (AvgIpc) is 3.16. The topological polar surface area (TPSA) is 80.5 Å². The van der Waals surface area contributed by atoms with Crippen molar-refractivity contribution < 1.29 is 14.1 Å². The third kappa shape index (κ3) is 4.86. The van der Waals surface area contributed by atoms with Gasteiger partial charge in [-0.3, -0.25) is 0 Å². The molecule has 2 aromatic carbocycles. The van der Waals surface area contributed by atoms with Crippen LogP contribution in [0.3, 0.4) is 0 Å². The number of anilines is 1. The number of amides is 2. The van der Waals surface area contributed by atoms with E-state index in [4.69, 9.17) is 9.26 Å². The smallest absolute Gasteiger partial charge is 0.321 e. The van der Waals surface area contributed by atoms with Crippen LogP contribution in [0, 0.1) is 13.8 Å². The lowest BCUT2D eigenvalue weighted by atomic mass is 10.0. The fraction of sp³-hybridized carbons (Fsp3) is 0.348. The van der Waals surface area contributed by atoms with E-state index in [2.05, 4.69) is 22.4 Å². The fourth-order valence-corrected chi connectivity index (χ4v) is 3.28. The van der Waals surface area contributed by atoms with E-state index in [-0.39, 0.29) is 11.9 Å². The van der Waals surface area contributed by atoms with E-state index in [1.165, 1.54) is 5.56 Å². The zero-order chi connectivity index (χ0) is 20.9. The van der Waals surface area contributed by atoms with Crippen molar-refractivity contribution >= 4 is 11.7 Å². The molecule has 1 N–H and O–H groups in total. The van der Waals surface area contributed by atoms with Crippen LogP contribution < -0.4 is 5.32 Å². The number of hydrogen-bond donors (Lipinski definition) is 1. The van der Waals surface area contributed by atoms with Crippen molar-refractivity contribution in [2.75, 3.05) is 25.0 Å². The average molecular weight is 406 g/mol. The van der Waals surface area contributed by atoms with Gasteiger partial charge in [-0.2, -0.15) is 4.98 Å². The molecule has 0 aliphatic carbocycles. The third-order valence-electron chi connectivity index (χ3n) is 5.34. The van der Waals surface area contributed by atoms with E-state index in [1.54, 1.807) is 4.90 Å². The molecule has 3 aromatic rings. The maximum atomic E-state index is 12.4. The van der Waals surface area contributed by atoms with E-state index < -0.39 is 0 Å². The van der Waals surface area contributed by atoms with E-state index >= 15 is 0 Å². The van der Waals surface area contributed by atoms with Crippen LogP contribution in [0.1, 0.15) is 34.3 Å². The number of hydrogen-bond acceptors (Lipinski definition) is 5. The number of carbonyl (C=O) groups is 1. The molecule has 1 aliphatic rings. The molecule has 2 heterocycles. The Kier molecular flexibility index (Phi) is 6.09. The molecule has 2 amide bonds. The van der Waals surface area contributed by atoms with E-state index in [9.17, 15) is 4.79 Å². The van der Waals surface area contributed by atoms with Crippen LogP contribution in [0.2, 0.25) is 0 Å². The Bertz CT molecular complexity index is 997. The number of urea groups is 1. The monoisotopic (exact) mass is 406 g/mol. The summed E-state index contributed by atoms with van der Waals surface area (Å²) in [6.07, 6.45) is 0.597. The Morgan fingerprint density at radius 2 is 1.97 bits per heavy atom. The maximum absolute atomic E-state index is 12.4. The van der Waals surface area contributed by atoms with Crippen molar-refractivity contribution in [3.63, 3.8) is 0 Å². The van der Waals surface area contributed by atoms with Crippen LogP contribution in [0.25, 0.3) is 0 Å². The SMILES string of the molecule is Cc1ccc(NC(=O)N2CC(c3nc(CCOCc4ccccc4)no3)C2)cc1C. The van der Waals surface area contributed by atoms with Crippen LogP contribution >= 0.6 is 0 Å². The minimum absolute atomic E-state index is 0.0852. The van der Waals surface area contributed by atoms with Crippen molar-refractivity contribution in [3.05, 3.63) is 76.9 Å². The molecule has 0 spiro atoms. The summed E-state index contributed by atoms with van der Waals surface area (Å²) in [7, 11) is 0. The molecule has 7 heteroatoms. The standard InChI is InChI=1S/C23H26N4O3/c1-16-8-9-20(12-17(16)2)24-23(28)27-13-19(14-27)22-25-21(26-30-22)10-11-29-15-18-6-4-3-5-7-18/h3-9,12,19H,10-11,13-15H2,1-2H3,(H,24,28). The molecule has 1 aliphatic heterocycles. The molecule has 0 atom stereocenters. The summed E-state index contributed by atoms with van der Waals surface area (Å²) in [5, 5.41) is 6.97. The van der Waals surface area contributed by atoms with Crippen molar-refractivity contribution in [2.24, 2.45) is 0 Å². The van der Waals surface area contributed by atoms with Gasteiger partial charge < -0.3 is 19.5 Å². The molecule has 7 nitrogen and oxygen atoms in total. The van der Waals surface area contributed by atoms with Gasteiger partial charge in [-0.05, 0) is 42.7 Å². The molecule has 1 fully saturated rings. The van der Waals surface area contributed by atoms with E-state index in [1.807, 2.05) is 55.5 Å². The van der Waals surface area contributed by atoms with Gasteiger partial charge in [-0.1, -0.05) is 41.6 Å². The van der Waals surface area contributed by atoms with E-state index in [0.29, 0.717) is 44.4 Å². The number of rotatable bonds is 7. The van der Waals surface area contributed by atoms with Crippen molar-refractivity contribution in [2.45, 2.75) is 32.8 Å². The molecule has 0 bridgehead atoms. The highest BCUT2D eigenvalue weighted by Crippen LogP contribution is 2.26. The molecule has 1 aromatic heterocycles. The lowest BCUT2D eigenvalue weighted by molar-refractivity contribution is 0.122. The summed E-state index contributed by atoms with van der Waals surface area (Å²) in [5.41, 5.74) is 4.30. The van der Waals surface area contributed by atoms with Crippen LogP contribution in [-0.2, 0) is 17.8 Å². The molecular weight excluding hydrogens is 380 g/mol. The van der Waals surface area contributed by atoms with Crippen molar-refractivity contribution in [1.82, 2.24) is 15.0 Å². The van der Waals surface area contributed by atoms with Crippen LogP contribution in [0.15, 0.2) is 53.1 Å². The van der Waals surface area contributed by atoms with Gasteiger partial charge in [0, 0.05) is 25.2 Å². The van der Waals surface area contributed by atoms with Crippen molar-refractivity contribution in [1.29, 1.82) is 0 Å². The van der Waals surface area contributed by atoms with E-state index in [0.717, 1.165) is 16.8 Å². The van der Waals surface area contributed by atoms with Crippen LogP contribution in [0.5, 0.6) is 0 Å². The second kappa shape index (κ2) is 9.09. The number of nitrogens with one attached hydrogen (secondary N) is 1. The van der Waals surface area contributed by atoms with Gasteiger partial charge in [0.2, 0.25) is 5.89 Å². The third-order valence-corrected chi connectivity index (χ3v) is 5.34. The van der Waals surface area contributed by atoms with Gasteiger partial charge in [-0.15, -0.1) is 0 Å². The highest BCUT2D eigenvalue weighted by Gasteiger charge is 2.35. The number of benzene rings is 2. The first-order valence-electron chi connectivity index (χ1n) is 10.2. The first-order valence-corrected chi connectivity index (χ1v) is 10.2. The van der Waals surface area contributed by atoms with Gasteiger partial charge in [-0.25, -0.2) is 4.79 Å². The Morgan fingerprint density at radius 3 is 2.73 bits per heavy atom. The minimum atomic E-state index is -0.108. The van der Waals surface area contributed by atoms with Gasteiger partial charge in [0.05, 0.1) is 19.1 Å². The molecular formula is C23H26N4O3. The Labute approximate surface area is 176 Å². The number of aryl methyl sites for hydroxylation is 2. The lowest BCUT2D eigenvalue weighted by Crippen LogP contribution is -2.50. The molecule has 156 valence electrons. The molecule has 4 rings (SSSR count). The number of aromatic nitrogens is 2. The molecule has 0 saturated carbocycles. The molecule has 0 unspecified atom stereocenters. The van der Waals surface area contributed by atoms with Crippen molar-refractivity contribution in [3.8, 4) is 0 Å². The summed E-state index contributed by atoms with van der Waals surface area (Å²) >= 11 is 0. The predicted molar refractivity (Wildman–Crippen MR) is 113 cm³/mol. The van der Waals surface area contributed by atoms with Gasteiger partial charge in [0.1, 0.15) is 0 Å². The summed E-state index contributed by atoms with van der Waals surface area (Å²) < 4.78 is 11.1. The summed E-state index contributed by atoms with van der Waals surface area (Å²) in [6.45, 7) is 6.33. The molecule has 0 radical (unpaired) electrons. The van der Waals surface area contributed by atoms with Crippen LogP contribution in [0.4, 0.5) is 10.5 Å². The Morgan fingerprint density at radius 1 is 1.17 bits per heavy atom. The number of nitrogens with zero attached hydrogens (tertiary/aromatic N) is 3. The summed E-state index contributed by atoms with van der Waals surface area (Å²) in [4.78, 5) is 18.6. The minimum Gasteiger partial charge on any atom is -0.376 e. The number of likely N-dealkylation sites (tertiary alicyclic amines) is 1. The van der Waals surface area contributed by atoms with Gasteiger partial charge >= 0.3 is 6.03 Å². The van der Waals surface area contributed by atoms with Crippen LogP contribution in [-0.4, -0.2) is 40.8 Å². The zero-order valence-corrected chi connectivity index (χ0v) is 17.3. The summed E-state index contributed by atoms with van der Waals surface area (Å²) in [6, 6.07) is 15.8. The predicted octanol–water partition coefficient (Wildman–Crippen LogP) is 4.08. The fourth-order valence-electron chi connectivity index (χ4n) is 3.28. The first kappa shape index (κ1) is 20.1. The lowest BCUT2D eigenvalue weighted by Gasteiger charge is -2.36. The molecule has 30 heavy (non-hydrogen) atoms. The number of carbonyl (C=O) groups excluding carboxylic acids is 1. The maximum Gasteiger partial charge on any atom is 0.321 e. The zero-order valence-electron chi connectivity index (χ0n) is 17.3. The second-order valence-corrected chi connectivity index (χ2v) is 7.67. The van der Waals surface area contributed by atoms with Gasteiger partial charge in [0.25, 0.3) is 0 Å².